The topological polar surface area (TPSA) is 109 Å². The zero-order valence-electron chi connectivity index (χ0n) is 19.6. The van der Waals surface area contributed by atoms with Crippen molar-refractivity contribution < 1.29 is 14.0 Å². The number of rotatable bonds is 7. The predicted molar refractivity (Wildman–Crippen MR) is 131 cm³/mol. The first kappa shape index (κ1) is 23.8. The number of hydrogen-bond donors (Lipinski definition) is 2. The van der Waals surface area contributed by atoms with Gasteiger partial charge in [-0.05, 0) is 43.5 Å². The van der Waals surface area contributed by atoms with Crippen molar-refractivity contribution in [2.75, 3.05) is 10.6 Å². The van der Waals surface area contributed by atoms with Gasteiger partial charge in [-0.3, -0.25) is 14.4 Å². The van der Waals surface area contributed by atoms with Crippen LogP contribution >= 0.6 is 11.6 Å². The first-order valence-corrected chi connectivity index (χ1v) is 11.3. The van der Waals surface area contributed by atoms with E-state index in [2.05, 4.69) is 10.6 Å². The molecule has 0 radical (unpaired) electrons. The second kappa shape index (κ2) is 8.43. The molecule has 1 aromatic heterocycles. The van der Waals surface area contributed by atoms with Crippen LogP contribution in [0.2, 0.25) is 5.02 Å². The fourth-order valence-electron chi connectivity index (χ4n) is 4.16. The van der Waals surface area contributed by atoms with Crippen molar-refractivity contribution in [1.82, 2.24) is 4.90 Å². The van der Waals surface area contributed by atoms with Crippen LogP contribution in [0.3, 0.4) is 0 Å². The largest absolute Gasteiger partial charge is 0.464 e. The van der Waals surface area contributed by atoms with E-state index in [1.807, 2.05) is 39.8 Å². The molecule has 1 amide bonds. The van der Waals surface area contributed by atoms with Gasteiger partial charge in [0.25, 0.3) is 16.8 Å². The monoisotopic (exact) mass is 483 g/mol. The Labute approximate surface area is 201 Å². The minimum atomic E-state index is -0.682. The molecule has 0 saturated carbocycles. The van der Waals surface area contributed by atoms with Crippen LogP contribution in [-0.2, 0) is 11.3 Å². The van der Waals surface area contributed by atoms with Gasteiger partial charge in [0.05, 0.1) is 23.3 Å². The highest BCUT2D eigenvalue weighted by Crippen LogP contribution is 2.40. The number of anilines is 3. The third-order valence-electron chi connectivity index (χ3n) is 6.12. The average molecular weight is 484 g/mol. The maximum Gasteiger partial charge on any atom is 0.257 e. The van der Waals surface area contributed by atoms with Gasteiger partial charge >= 0.3 is 0 Å². The van der Waals surface area contributed by atoms with Crippen LogP contribution in [0.4, 0.5) is 17.1 Å². The van der Waals surface area contributed by atoms with Crippen LogP contribution in [0.25, 0.3) is 0 Å². The number of nitrogens with zero attached hydrogens (tertiary/aromatic N) is 1. The number of carbonyl (C=O) groups is 2. The van der Waals surface area contributed by atoms with E-state index in [1.165, 1.54) is 4.90 Å². The molecule has 4 rings (SSSR count). The lowest BCUT2D eigenvalue weighted by Crippen LogP contribution is -2.39. The predicted octanol–water partition coefficient (Wildman–Crippen LogP) is 4.32. The number of carbonyl (C=O) groups excluding carboxylic acids is 2. The summed E-state index contributed by atoms with van der Waals surface area (Å²) in [5.41, 5.74) is -0.267. The first-order chi connectivity index (χ1) is 15.9. The van der Waals surface area contributed by atoms with Gasteiger partial charge in [-0.15, -0.1) is 0 Å². The Bertz CT molecular complexity index is 1360. The van der Waals surface area contributed by atoms with Gasteiger partial charge in [-0.1, -0.05) is 32.4 Å². The molecular formula is C25H26ClN3O5. The zero-order chi connectivity index (χ0) is 24.9. The van der Waals surface area contributed by atoms with E-state index < -0.39 is 16.9 Å². The molecule has 2 atom stereocenters. The Morgan fingerprint density at radius 2 is 1.76 bits per heavy atom. The van der Waals surface area contributed by atoms with E-state index in [0.717, 1.165) is 5.76 Å². The van der Waals surface area contributed by atoms with E-state index in [4.69, 9.17) is 16.0 Å². The van der Waals surface area contributed by atoms with Crippen LogP contribution in [0.1, 0.15) is 61.2 Å². The number of amides is 1. The fourth-order valence-corrected chi connectivity index (χ4v) is 4.38. The number of benzene rings is 1. The van der Waals surface area contributed by atoms with Crippen LogP contribution in [0.5, 0.6) is 0 Å². The summed E-state index contributed by atoms with van der Waals surface area (Å²) in [7, 11) is 0. The quantitative estimate of drug-likeness (QED) is 0.380. The van der Waals surface area contributed by atoms with Gasteiger partial charge in [0.1, 0.15) is 29.2 Å². The number of hydrogen-bond acceptors (Lipinski definition) is 7. The van der Waals surface area contributed by atoms with E-state index >= 15 is 0 Å². The highest BCUT2D eigenvalue weighted by atomic mass is 35.5. The first-order valence-electron chi connectivity index (χ1n) is 10.9. The Morgan fingerprint density at radius 1 is 1.09 bits per heavy atom. The Balaban J connectivity index is 1.70. The van der Waals surface area contributed by atoms with Crippen LogP contribution in [0.15, 0.2) is 38.3 Å². The van der Waals surface area contributed by atoms with Crippen molar-refractivity contribution in [1.29, 1.82) is 0 Å². The summed E-state index contributed by atoms with van der Waals surface area (Å²) in [6.07, 6.45) is 0.687. The number of fused-ring (bicyclic) bond motifs is 1. The van der Waals surface area contributed by atoms with Gasteiger partial charge < -0.3 is 24.7 Å². The molecule has 9 heteroatoms. The molecule has 3 aromatic rings. The second-order valence-corrected chi connectivity index (χ2v) is 10.1. The summed E-state index contributed by atoms with van der Waals surface area (Å²) in [5.74, 6) is 1.01. The van der Waals surface area contributed by atoms with E-state index in [0.29, 0.717) is 28.3 Å². The SMILES string of the molecule is Cc1ccc([C@H](Nc2c(Nc3ccc(Cl)c4c3C(=O)N([C@H](C)C=O)C4)c(=O)c2=O)C(C)(C)C)o1. The molecule has 1 aliphatic heterocycles. The third-order valence-corrected chi connectivity index (χ3v) is 6.47. The van der Waals surface area contributed by atoms with Crippen molar-refractivity contribution in [3.63, 3.8) is 0 Å². The molecule has 2 heterocycles. The maximum atomic E-state index is 13.1. The van der Waals surface area contributed by atoms with Gasteiger partial charge in [-0.2, -0.15) is 0 Å². The minimum Gasteiger partial charge on any atom is -0.464 e. The molecule has 178 valence electrons. The third kappa shape index (κ3) is 3.92. The number of halogens is 1. The normalized spacial score (nSPS) is 15.4. The van der Waals surface area contributed by atoms with Crippen LogP contribution in [-0.4, -0.2) is 23.1 Å². The molecule has 0 fully saturated rings. The molecule has 34 heavy (non-hydrogen) atoms. The molecule has 2 aromatic carbocycles. The smallest absolute Gasteiger partial charge is 0.257 e. The highest BCUT2D eigenvalue weighted by Gasteiger charge is 2.36. The second-order valence-electron chi connectivity index (χ2n) is 9.68. The fraction of sp³-hybridized carbons (Fsp3) is 0.360. The Hall–Kier alpha value is -3.39. The molecule has 0 aliphatic carbocycles. The van der Waals surface area contributed by atoms with E-state index in [-0.39, 0.29) is 40.8 Å². The van der Waals surface area contributed by atoms with Crippen LogP contribution < -0.4 is 21.5 Å². The number of aldehydes is 1. The summed E-state index contributed by atoms with van der Waals surface area (Å²) >= 11 is 6.32. The highest BCUT2D eigenvalue weighted by molar-refractivity contribution is 6.32. The number of nitrogens with one attached hydrogen (secondary N) is 2. The molecule has 2 N–H and O–H groups in total. The van der Waals surface area contributed by atoms with E-state index in [9.17, 15) is 19.2 Å². The molecule has 8 nitrogen and oxygen atoms in total. The lowest BCUT2D eigenvalue weighted by molar-refractivity contribution is -0.111. The molecule has 0 saturated heterocycles. The maximum absolute atomic E-state index is 13.1. The minimum absolute atomic E-state index is 0.0711. The van der Waals surface area contributed by atoms with Crippen molar-refractivity contribution in [2.24, 2.45) is 5.41 Å². The Kier molecular flexibility index (Phi) is 5.89. The van der Waals surface area contributed by atoms with Gasteiger partial charge in [0, 0.05) is 17.1 Å². The van der Waals surface area contributed by atoms with Gasteiger partial charge in [0.15, 0.2) is 0 Å². The van der Waals surface area contributed by atoms with Crippen molar-refractivity contribution in [2.45, 2.75) is 53.2 Å². The lowest BCUT2D eigenvalue weighted by atomic mass is 9.85. The van der Waals surface area contributed by atoms with Crippen LogP contribution in [0, 0.1) is 12.3 Å². The molecule has 0 bridgehead atoms. The molecule has 1 aliphatic rings. The van der Waals surface area contributed by atoms with Crippen molar-refractivity contribution in [3.8, 4) is 0 Å². The zero-order valence-corrected chi connectivity index (χ0v) is 20.4. The molecule has 0 unspecified atom stereocenters. The summed E-state index contributed by atoms with van der Waals surface area (Å²) in [5, 5.41) is 6.55. The van der Waals surface area contributed by atoms with Crippen molar-refractivity contribution >= 4 is 40.9 Å². The Morgan fingerprint density at radius 3 is 2.35 bits per heavy atom. The summed E-state index contributed by atoms with van der Waals surface area (Å²) in [6, 6.07) is 5.87. The lowest BCUT2D eigenvalue weighted by Gasteiger charge is -2.31. The molecule has 0 spiro atoms. The van der Waals surface area contributed by atoms with Gasteiger partial charge in [-0.25, -0.2) is 0 Å². The standard InChI is InChI=1S/C25H26ClN3O5/c1-12(11-30)29-10-14-15(26)7-8-16(18(14)24(29)33)27-19-20(22(32)21(19)31)28-23(25(3,4)5)17-9-6-13(2)34-17/h6-9,11-12,23,27-28H,10H2,1-5H3/t12-,23+/m1/s1. The molecular weight excluding hydrogens is 458 g/mol. The van der Waals surface area contributed by atoms with E-state index in [1.54, 1.807) is 19.1 Å². The van der Waals surface area contributed by atoms with Gasteiger partial charge in [0.2, 0.25) is 0 Å². The summed E-state index contributed by atoms with van der Waals surface area (Å²) in [6.45, 7) is 9.63. The average Bonchev–Trinajstić information content (AvgIpc) is 3.36. The summed E-state index contributed by atoms with van der Waals surface area (Å²) in [4.78, 5) is 50.8. The number of aryl methyl sites for hydroxylation is 1. The van der Waals surface area contributed by atoms with Crippen molar-refractivity contribution in [3.05, 3.63) is 72.4 Å². The summed E-state index contributed by atoms with van der Waals surface area (Å²) < 4.78 is 5.79. The number of furan rings is 1.